The summed E-state index contributed by atoms with van der Waals surface area (Å²) in [5.41, 5.74) is 9.61. The number of halogens is 2. The first kappa shape index (κ1) is 33.8. The number of hydrogen-bond acceptors (Lipinski definition) is 4. The average molecular weight is 713 g/mol. The molecule has 0 unspecified atom stereocenters. The molecule has 0 aliphatic carbocycles. The van der Waals surface area contributed by atoms with E-state index in [0.717, 1.165) is 60.9 Å². The maximum absolute atomic E-state index is 15.0. The van der Waals surface area contributed by atoms with E-state index in [-0.39, 0.29) is 17.5 Å². The molecule has 9 nitrogen and oxygen atoms in total. The lowest BCUT2D eigenvalue weighted by Gasteiger charge is -2.35. The molecule has 0 radical (unpaired) electrons. The van der Waals surface area contributed by atoms with E-state index in [2.05, 4.69) is 11.5 Å². The molecule has 50 heavy (non-hydrogen) atoms. The third-order valence-electron chi connectivity index (χ3n) is 10.1. The van der Waals surface area contributed by atoms with Gasteiger partial charge in [0.15, 0.2) is 0 Å². The maximum atomic E-state index is 15.0. The smallest absolute Gasteiger partial charge is 0.337 e. The molecule has 0 spiro atoms. The lowest BCUT2D eigenvalue weighted by Crippen LogP contribution is -2.43. The zero-order valence-electron chi connectivity index (χ0n) is 29.2. The number of carboxylic acid groups (broad SMARTS) is 1. The number of rotatable bonds is 8. The fourth-order valence-corrected chi connectivity index (χ4v) is 8.13. The highest BCUT2D eigenvalue weighted by atomic mass is 35.5. The topological polar surface area (TPSA) is 94.5 Å². The lowest BCUT2D eigenvalue weighted by molar-refractivity contribution is 0.0698. The number of benzene rings is 3. The quantitative estimate of drug-likeness (QED) is 0.159. The minimum absolute atomic E-state index is 0.140. The second kappa shape index (κ2) is 12.5. The van der Waals surface area contributed by atoms with Gasteiger partial charge in [-0.15, -0.1) is 0 Å². The highest BCUT2D eigenvalue weighted by Crippen LogP contribution is 2.45. The molecule has 1 aliphatic rings. The van der Waals surface area contributed by atoms with Gasteiger partial charge in [0.05, 0.1) is 39.6 Å². The highest BCUT2D eigenvalue weighted by Gasteiger charge is 2.37. The van der Waals surface area contributed by atoms with E-state index >= 15 is 0 Å². The number of para-hydroxylation sites is 1. The van der Waals surface area contributed by atoms with Crippen molar-refractivity contribution in [2.24, 2.45) is 14.1 Å². The summed E-state index contributed by atoms with van der Waals surface area (Å²) < 4.78 is 12.0. The summed E-state index contributed by atoms with van der Waals surface area (Å²) >= 11 is 13.5. The largest absolute Gasteiger partial charge is 0.494 e. The molecule has 4 heterocycles. The number of carbonyl (C=O) groups is 2. The Balaban J connectivity index is 1.38. The van der Waals surface area contributed by atoms with Gasteiger partial charge in [0.25, 0.3) is 5.91 Å². The van der Waals surface area contributed by atoms with Crippen LogP contribution in [0.15, 0.2) is 48.7 Å². The SMILES string of the molecule is Cc1cc(OCCCc2c3n(c4c(-c5c(C)nn(C)c5C)c(Cl)ccc24)[C@H](C)CN(c2cccc4c(C(=O)O)cn(C)c24)C3=O)cc(C)c1Cl. The zero-order valence-corrected chi connectivity index (χ0v) is 30.7. The Labute approximate surface area is 300 Å². The van der Waals surface area contributed by atoms with Crippen LogP contribution in [-0.2, 0) is 20.5 Å². The molecule has 1 atom stereocenters. The van der Waals surface area contributed by atoms with E-state index in [9.17, 15) is 14.7 Å². The summed E-state index contributed by atoms with van der Waals surface area (Å²) in [4.78, 5) is 28.9. The molecular weight excluding hydrogens is 673 g/mol. The van der Waals surface area contributed by atoms with Gasteiger partial charge in [0.1, 0.15) is 11.4 Å². The zero-order chi connectivity index (χ0) is 35.8. The minimum Gasteiger partial charge on any atom is -0.494 e. The summed E-state index contributed by atoms with van der Waals surface area (Å²) in [6.07, 6.45) is 2.85. The molecular formula is C39H39Cl2N5O4. The number of carboxylic acids is 1. The highest BCUT2D eigenvalue weighted by molar-refractivity contribution is 6.35. The van der Waals surface area contributed by atoms with Gasteiger partial charge in [-0.1, -0.05) is 41.4 Å². The fourth-order valence-electron chi connectivity index (χ4n) is 7.77. The number of aryl methyl sites for hydroxylation is 6. The first-order valence-electron chi connectivity index (χ1n) is 16.7. The lowest BCUT2D eigenvalue weighted by atomic mass is 9.98. The average Bonchev–Trinajstić information content (AvgIpc) is 3.68. The number of fused-ring (bicyclic) bond motifs is 4. The Kier molecular flexibility index (Phi) is 8.47. The standard InChI is InChI=1S/C39H39Cl2N5O4/c1-20-16-25(17-21(2)34(20)41)50-15-9-11-26-28-13-14-30(40)33(32-23(4)42-44(7)24(32)5)36(28)46-22(3)18-45(38(47)37(26)46)31-12-8-10-27-29(39(48)49)19-43(6)35(27)31/h8,10,12-14,16-17,19,22H,9,11,15,18H2,1-7H3,(H,48,49)/t22-/m1/s1. The molecule has 3 aromatic heterocycles. The Hall–Kier alpha value is -4.73. The maximum Gasteiger partial charge on any atom is 0.337 e. The monoisotopic (exact) mass is 711 g/mol. The van der Waals surface area contributed by atoms with Crippen LogP contribution in [0.4, 0.5) is 5.69 Å². The van der Waals surface area contributed by atoms with Gasteiger partial charge < -0.3 is 23.9 Å². The molecule has 1 aliphatic heterocycles. The number of hydrogen-bond donors (Lipinski definition) is 1. The summed E-state index contributed by atoms with van der Waals surface area (Å²) in [7, 11) is 3.74. The summed E-state index contributed by atoms with van der Waals surface area (Å²) in [5, 5.41) is 17.5. The van der Waals surface area contributed by atoms with E-state index in [1.165, 1.54) is 0 Å². The molecule has 1 amide bonds. The third-order valence-corrected chi connectivity index (χ3v) is 11.0. The third kappa shape index (κ3) is 5.26. The van der Waals surface area contributed by atoms with Gasteiger partial charge in [-0.05, 0) is 88.4 Å². The molecule has 0 saturated carbocycles. The number of anilines is 1. The van der Waals surface area contributed by atoms with Crippen molar-refractivity contribution in [2.45, 2.75) is 53.5 Å². The van der Waals surface area contributed by atoms with Crippen LogP contribution < -0.4 is 9.64 Å². The normalized spacial score (nSPS) is 14.6. The Morgan fingerprint density at radius 1 is 1.00 bits per heavy atom. The number of carbonyl (C=O) groups excluding carboxylic acids is 1. The second-order valence-electron chi connectivity index (χ2n) is 13.4. The Morgan fingerprint density at radius 3 is 2.38 bits per heavy atom. The van der Waals surface area contributed by atoms with Gasteiger partial charge in [-0.2, -0.15) is 5.10 Å². The second-order valence-corrected chi connectivity index (χ2v) is 14.2. The van der Waals surface area contributed by atoms with Gasteiger partial charge in [-0.3, -0.25) is 9.48 Å². The van der Waals surface area contributed by atoms with E-state index < -0.39 is 5.97 Å². The van der Waals surface area contributed by atoms with Crippen molar-refractivity contribution in [3.63, 3.8) is 0 Å². The van der Waals surface area contributed by atoms with Gasteiger partial charge >= 0.3 is 5.97 Å². The van der Waals surface area contributed by atoms with E-state index in [0.29, 0.717) is 53.3 Å². The predicted molar refractivity (Wildman–Crippen MR) is 200 cm³/mol. The first-order valence-corrected chi connectivity index (χ1v) is 17.4. The fraction of sp³-hybridized carbons (Fsp3) is 0.308. The minimum atomic E-state index is -1.01. The van der Waals surface area contributed by atoms with Crippen LogP contribution in [0.25, 0.3) is 32.9 Å². The number of nitrogens with zero attached hydrogens (tertiary/aromatic N) is 5. The van der Waals surface area contributed by atoms with Crippen molar-refractivity contribution in [1.29, 1.82) is 0 Å². The molecule has 258 valence electrons. The number of aromatic carboxylic acids is 1. The van der Waals surface area contributed by atoms with Crippen molar-refractivity contribution in [2.75, 3.05) is 18.1 Å². The van der Waals surface area contributed by atoms with Crippen LogP contribution in [0.3, 0.4) is 0 Å². The summed E-state index contributed by atoms with van der Waals surface area (Å²) in [6.45, 7) is 10.9. The van der Waals surface area contributed by atoms with E-state index in [1.54, 1.807) is 21.7 Å². The molecule has 0 fully saturated rings. The molecule has 3 aromatic carbocycles. The molecule has 0 saturated heterocycles. The molecule has 1 N–H and O–H groups in total. The van der Waals surface area contributed by atoms with Crippen molar-refractivity contribution in [1.82, 2.24) is 18.9 Å². The van der Waals surface area contributed by atoms with Crippen molar-refractivity contribution in [3.05, 3.63) is 98.0 Å². The van der Waals surface area contributed by atoms with Crippen molar-refractivity contribution in [3.8, 4) is 16.9 Å². The van der Waals surface area contributed by atoms with E-state index in [4.69, 9.17) is 33.0 Å². The first-order chi connectivity index (χ1) is 23.8. The Bertz CT molecular complexity index is 2360. The summed E-state index contributed by atoms with van der Waals surface area (Å²) in [6, 6.07) is 13.2. The molecule has 0 bridgehead atoms. The summed E-state index contributed by atoms with van der Waals surface area (Å²) in [5.74, 6) is -0.395. The van der Waals surface area contributed by atoms with Gasteiger partial charge in [0, 0.05) is 65.5 Å². The number of amides is 1. The van der Waals surface area contributed by atoms with Crippen LogP contribution in [0.5, 0.6) is 5.75 Å². The number of aromatic nitrogens is 4. The van der Waals surface area contributed by atoms with Crippen LogP contribution >= 0.6 is 23.2 Å². The molecule has 6 aromatic rings. The van der Waals surface area contributed by atoms with E-state index in [1.807, 2.05) is 82.9 Å². The van der Waals surface area contributed by atoms with Crippen molar-refractivity contribution < 1.29 is 19.4 Å². The Morgan fingerprint density at radius 2 is 1.72 bits per heavy atom. The van der Waals surface area contributed by atoms with Crippen LogP contribution in [0.1, 0.15) is 68.3 Å². The van der Waals surface area contributed by atoms with Crippen LogP contribution in [0.2, 0.25) is 10.0 Å². The van der Waals surface area contributed by atoms with Crippen molar-refractivity contribution >= 4 is 62.6 Å². The number of ether oxygens (including phenoxy) is 1. The predicted octanol–water partition coefficient (Wildman–Crippen LogP) is 9.01. The van der Waals surface area contributed by atoms with Crippen LogP contribution in [0, 0.1) is 27.7 Å². The van der Waals surface area contributed by atoms with Gasteiger partial charge in [-0.25, -0.2) is 4.79 Å². The van der Waals surface area contributed by atoms with Gasteiger partial charge in [0.2, 0.25) is 0 Å². The molecule has 11 heteroatoms. The van der Waals surface area contributed by atoms with Crippen LogP contribution in [-0.4, -0.2) is 49.0 Å². The molecule has 7 rings (SSSR count).